The lowest BCUT2D eigenvalue weighted by Gasteiger charge is -2.44. The molecule has 1 saturated carbocycles. The molecule has 2 aromatic rings. The maximum absolute atomic E-state index is 13.0. The number of aryl methyl sites for hydroxylation is 1. The first kappa shape index (κ1) is 19.6. The van der Waals surface area contributed by atoms with E-state index in [9.17, 15) is 4.79 Å². The zero-order valence-electron chi connectivity index (χ0n) is 17.8. The molecule has 5 heteroatoms. The van der Waals surface area contributed by atoms with Crippen molar-refractivity contribution in [1.29, 1.82) is 0 Å². The van der Waals surface area contributed by atoms with Crippen LogP contribution in [0.1, 0.15) is 49.3 Å². The molecule has 3 saturated heterocycles. The Bertz CT molecular complexity index is 1010. The van der Waals surface area contributed by atoms with Crippen LogP contribution in [0.2, 0.25) is 5.02 Å². The highest BCUT2D eigenvalue weighted by molar-refractivity contribution is 6.30. The van der Waals surface area contributed by atoms with Gasteiger partial charge in [0, 0.05) is 11.6 Å². The second kappa shape index (κ2) is 7.53. The van der Waals surface area contributed by atoms with E-state index in [0.717, 1.165) is 61.5 Å². The lowest BCUT2D eigenvalue weighted by Crippen LogP contribution is -2.53. The third-order valence-electron chi connectivity index (χ3n) is 8.13. The number of fused-ring (bicyclic) bond motifs is 4. The minimum Gasteiger partial charge on any atom is -0.445 e. The van der Waals surface area contributed by atoms with Gasteiger partial charge < -0.3 is 10.1 Å². The number of hydrogen-bond donors (Lipinski definition) is 1. The number of nitrogens with one attached hydrogen (secondary N) is 1. The van der Waals surface area contributed by atoms with Crippen molar-refractivity contribution >= 4 is 17.7 Å². The molecule has 4 nitrogen and oxygen atoms in total. The zero-order chi connectivity index (χ0) is 21.0. The molecule has 7 rings (SSSR count). The van der Waals surface area contributed by atoms with Crippen molar-refractivity contribution in [3.63, 3.8) is 0 Å². The Hall–Kier alpha value is -2.04. The van der Waals surface area contributed by atoms with Crippen LogP contribution in [0, 0.1) is 11.3 Å². The summed E-state index contributed by atoms with van der Waals surface area (Å²) in [5, 5.41) is 4.06. The van der Waals surface area contributed by atoms with Crippen molar-refractivity contribution in [1.82, 2.24) is 10.2 Å². The minimum absolute atomic E-state index is 0.0315. The molecule has 2 aliphatic carbocycles. The van der Waals surface area contributed by atoms with Crippen LogP contribution < -0.4 is 5.32 Å². The van der Waals surface area contributed by atoms with Crippen LogP contribution in [-0.2, 0) is 11.2 Å². The summed E-state index contributed by atoms with van der Waals surface area (Å²) in [5.41, 5.74) is 5.06. The van der Waals surface area contributed by atoms with Crippen LogP contribution >= 0.6 is 11.6 Å². The van der Waals surface area contributed by atoms with Gasteiger partial charge in [-0.05, 0) is 103 Å². The SMILES string of the molecule is O=C(NC1c2cc(-c3cccc(Cl)c3)ccc2CCC12CC2)O[C@@H]1CN2CCC1CC2. The van der Waals surface area contributed by atoms with Crippen molar-refractivity contribution in [2.24, 2.45) is 11.3 Å². The molecular formula is C26H29ClN2O2. The first-order valence-electron chi connectivity index (χ1n) is 11.7. The standard InChI is InChI=1S/C26H29ClN2O2/c27-21-3-1-2-19(14-21)20-5-4-17-6-9-26(10-11-26)24(22(17)15-20)28-25(30)31-23-16-29-12-7-18(23)8-13-29/h1-5,14-15,18,23-24H,6-13,16H2,(H,28,30)/t23-,24?/m1/s1. The number of alkyl carbamates (subject to hydrolysis) is 1. The lowest BCUT2D eigenvalue weighted by atomic mass is 9.76. The fourth-order valence-corrected chi connectivity index (χ4v) is 6.25. The molecule has 0 radical (unpaired) electrons. The van der Waals surface area contributed by atoms with E-state index in [-0.39, 0.29) is 23.7 Å². The average Bonchev–Trinajstić information content (AvgIpc) is 3.57. The predicted molar refractivity (Wildman–Crippen MR) is 122 cm³/mol. The maximum Gasteiger partial charge on any atom is 0.407 e. The summed E-state index contributed by atoms with van der Waals surface area (Å²) in [7, 11) is 0. The van der Waals surface area contributed by atoms with Crippen molar-refractivity contribution in [3.8, 4) is 11.1 Å². The van der Waals surface area contributed by atoms with Crippen molar-refractivity contribution < 1.29 is 9.53 Å². The summed E-state index contributed by atoms with van der Waals surface area (Å²) in [4.78, 5) is 15.4. The molecule has 2 atom stereocenters. The quantitative estimate of drug-likeness (QED) is 0.681. The molecule has 162 valence electrons. The Morgan fingerprint density at radius 1 is 1.06 bits per heavy atom. The topological polar surface area (TPSA) is 41.6 Å². The van der Waals surface area contributed by atoms with Gasteiger partial charge in [-0.3, -0.25) is 4.90 Å². The number of benzene rings is 2. The third kappa shape index (κ3) is 3.64. The molecule has 1 N–H and O–H groups in total. The third-order valence-corrected chi connectivity index (χ3v) is 8.36. The predicted octanol–water partition coefficient (Wildman–Crippen LogP) is 5.59. The molecule has 2 aromatic carbocycles. The number of piperidine rings is 3. The first-order chi connectivity index (χ1) is 15.1. The van der Waals surface area contributed by atoms with Crippen LogP contribution in [0.15, 0.2) is 42.5 Å². The van der Waals surface area contributed by atoms with Gasteiger partial charge in [-0.25, -0.2) is 4.79 Å². The summed E-state index contributed by atoms with van der Waals surface area (Å²) in [6, 6.07) is 14.7. The minimum atomic E-state index is -0.240. The van der Waals surface area contributed by atoms with Gasteiger partial charge in [0.05, 0.1) is 6.04 Å². The van der Waals surface area contributed by atoms with E-state index in [1.807, 2.05) is 18.2 Å². The Labute approximate surface area is 188 Å². The zero-order valence-corrected chi connectivity index (χ0v) is 18.5. The molecule has 0 aromatic heterocycles. The Balaban J connectivity index is 1.26. The van der Waals surface area contributed by atoms with Gasteiger partial charge in [0.15, 0.2) is 0 Å². The van der Waals surface area contributed by atoms with Gasteiger partial charge in [0.2, 0.25) is 0 Å². The number of halogens is 1. The van der Waals surface area contributed by atoms with E-state index in [2.05, 4.69) is 34.5 Å². The van der Waals surface area contributed by atoms with Crippen molar-refractivity contribution in [2.75, 3.05) is 19.6 Å². The lowest BCUT2D eigenvalue weighted by molar-refractivity contribution is -0.0347. The molecule has 5 aliphatic rings. The van der Waals surface area contributed by atoms with E-state index >= 15 is 0 Å². The smallest absolute Gasteiger partial charge is 0.407 e. The molecule has 3 heterocycles. The van der Waals surface area contributed by atoms with E-state index < -0.39 is 0 Å². The molecule has 4 fully saturated rings. The highest BCUT2D eigenvalue weighted by Gasteiger charge is 2.53. The monoisotopic (exact) mass is 436 g/mol. The molecular weight excluding hydrogens is 408 g/mol. The highest BCUT2D eigenvalue weighted by Crippen LogP contribution is 2.61. The molecule has 1 spiro atoms. The number of nitrogens with zero attached hydrogens (tertiary/aromatic N) is 1. The summed E-state index contributed by atoms with van der Waals surface area (Å²) in [6.07, 6.45) is 6.68. The fourth-order valence-electron chi connectivity index (χ4n) is 6.06. The molecule has 31 heavy (non-hydrogen) atoms. The van der Waals surface area contributed by atoms with Gasteiger partial charge in [-0.1, -0.05) is 35.9 Å². The second-order valence-corrected chi connectivity index (χ2v) is 10.4. The molecule has 3 aliphatic heterocycles. The number of carbonyl (C=O) groups is 1. The van der Waals surface area contributed by atoms with E-state index in [0.29, 0.717) is 5.92 Å². The summed E-state index contributed by atoms with van der Waals surface area (Å²) in [5.74, 6) is 0.527. The normalized spacial score (nSPS) is 30.0. The van der Waals surface area contributed by atoms with Crippen molar-refractivity contribution in [2.45, 2.75) is 50.7 Å². The maximum atomic E-state index is 13.0. The summed E-state index contributed by atoms with van der Waals surface area (Å²) >= 11 is 6.23. The Morgan fingerprint density at radius 3 is 2.58 bits per heavy atom. The van der Waals surface area contributed by atoms with E-state index in [1.54, 1.807) is 0 Å². The van der Waals surface area contributed by atoms with Gasteiger partial charge in [0.1, 0.15) is 6.10 Å². The van der Waals surface area contributed by atoms with E-state index in [1.165, 1.54) is 24.0 Å². The average molecular weight is 437 g/mol. The molecule has 2 bridgehead atoms. The number of rotatable bonds is 3. The van der Waals surface area contributed by atoms with Gasteiger partial charge in [-0.2, -0.15) is 0 Å². The molecule has 1 unspecified atom stereocenters. The first-order valence-corrected chi connectivity index (χ1v) is 12.1. The van der Waals surface area contributed by atoms with Crippen LogP contribution in [-0.4, -0.2) is 36.7 Å². The van der Waals surface area contributed by atoms with Crippen LogP contribution in [0.25, 0.3) is 11.1 Å². The van der Waals surface area contributed by atoms with Crippen LogP contribution in [0.3, 0.4) is 0 Å². The van der Waals surface area contributed by atoms with Gasteiger partial charge in [-0.15, -0.1) is 0 Å². The fraction of sp³-hybridized carbons (Fsp3) is 0.500. The van der Waals surface area contributed by atoms with Gasteiger partial charge in [0.25, 0.3) is 0 Å². The van der Waals surface area contributed by atoms with Gasteiger partial charge >= 0.3 is 6.09 Å². The van der Waals surface area contributed by atoms with E-state index in [4.69, 9.17) is 16.3 Å². The van der Waals surface area contributed by atoms with Crippen LogP contribution in [0.4, 0.5) is 4.79 Å². The number of ether oxygens (including phenoxy) is 1. The van der Waals surface area contributed by atoms with Crippen molar-refractivity contribution in [3.05, 3.63) is 58.6 Å². The number of carbonyl (C=O) groups excluding carboxylic acids is 1. The summed E-state index contributed by atoms with van der Waals surface area (Å²) in [6.45, 7) is 3.19. The largest absolute Gasteiger partial charge is 0.445 e. The second-order valence-electron chi connectivity index (χ2n) is 9.95. The van der Waals surface area contributed by atoms with Crippen LogP contribution in [0.5, 0.6) is 0 Å². The summed E-state index contributed by atoms with van der Waals surface area (Å²) < 4.78 is 5.99. The Kier molecular flexibility index (Phi) is 4.77. The molecule has 1 amide bonds. The number of hydrogen-bond acceptors (Lipinski definition) is 3. The number of amides is 1. The Morgan fingerprint density at radius 2 is 1.87 bits per heavy atom. The highest BCUT2D eigenvalue weighted by atomic mass is 35.5.